The van der Waals surface area contributed by atoms with E-state index < -0.39 is 10.1 Å². The third kappa shape index (κ3) is 6.63. The Balaban J connectivity index is 4.50. The monoisotopic (exact) mass is 234 g/mol. The minimum absolute atomic E-state index is 0.228. The van der Waals surface area contributed by atoms with E-state index in [9.17, 15) is 8.42 Å². The van der Waals surface area contributed by atoms with Crippen molar-refractivity contribution in [2.75, 3.05) is 13.3 Å². The lowest BCUT2D eigenvalue weighted by atomic mass is 10.6. The average molecular weight is 234 g/mol. The van der Waals surface area contributed by atoms with E-state index in [1.54, 1.807) is 6.92 Å². The van der Waals surface area contributed by atoms with Crippen LogP contribution in [0, 0.1) is 0 Å². The highest BCUT2D eigenvalue weighted by Gasteiger charge is 2.09. The fraction of sp³-hybridized carbons (Fsp3) is 0.429. The van der Waals surface area contributed by atoms with Crippen LogP contribution in [0.3, 0.4) is 0 Å². The van der Waals surface area contributed by atoms with Crippen LogP contribution in [0.5, 0.6) is 0 Å². The normalized spacial score (nSPS) is 12.1. The fourth-order valence-corrected chi connectivity index (χ4v) is 1.15. The Bertz CT molecular complexity index is 374. The summed E-state index contributed by atoms with van der Waals surface area (Å²) in [6.07, 6.45) is 0.940. The zero-order valence-corrected chi connectivity index (χ0v) is 9.71. The van der Waals surface area contributed by atoms with Crippen LogP contribution in [-0.2, 0) is 14.4 Å². The SMILES string of the molecule is C=NNC(=C)/N=C(/C)N(C)OS(C)(=O)=O. The van der Waals surface area contributed by atoms with Crippen molar-refractivity contribution >= 4 is 22.7 Å². The van der Waals surface area contributed by atoms with Crippen molar-refractivity contribution in [1.29, 1.82) is 0 Å². The molecule has 0 fully saturated rings. The molecule has 0 saturated carbocycles. The number of nitrogens with one attached hydrogen (secondary N) is 1. The average Bonchev–Trinajstić information content (AvgIpc) is 2.00. The molecule has 0 aromatic heterocycles. The van der Waals surface area contributed by atoms with Gasteiger partial charge in [-0.3, -0.25) is 5.43 Å². The molecule has 0 radical (unpaired) electrons. The molecule has 0 aromatic rings. The molecule has 1 N–H and O–H groups in total. The summed E-state index contributed by atoms with van der Waals surface area (Å²) >= 11 is 0. The van der Waals surface area contributed by atoms with Gasteiger partial charge in [0.1, 0.15) is 11.7 Å². The molecule has 0 saturated heterocycles. The van der Waals surface area contributed by atoms with Crippen LogP contribution in [0.4, 0.5) is 0 Å². The number of hydrogen-bond acceptors (Lipinski definition) is 6. The van der Waals surface area contributed by atoms with Crippen LogP contribution >= 0.6 is 0 Å². The third-order valence-electron chi connectivity index (χ3n) is 1.21. The summed E-state index contributed by atoms with van der Waals surface area (Å²) in [6.45, 7) is 8.24. The number of amidine groups is 1. The Morgan fingerprint density at radius 2 is 2.07 bits per heavy atom. The Hall–Kier alpha value is -1.41. The number of rotatable bonds is 5. The van der Waals surface area contributed by atoms with Gasteiger partial charge >= 0.3 is 0 Å². The van der Waals surface area contributed by atoms with Gasteiger partial charge in [-0.1, -0.05) is 6.58 Å². The van der Waals surface area contributed by atoms with E-state index in [0.717, 1.165) is 11.3 Å². The largest absolute Gasteiger partial charge is 0.285 e. The lowest BCUT2D eigenvalue weighted by Crippen LogP contribution is -2.28. The van der Waals surface area contributed by atoms with Crippen LogP contribution in [0.1, 0.15) is 6.92 Å². The highest BCUT2D eigenvalue weighted by molar-refractivity contribution is 7.85. The van der Waals surface area contributed by atoms with Crippen LogP contribution in [0.2, 0.25) is 0 Å². The molecule has 0 rings (SSSR count). The van der Waals surface area contributed by atoms with Crippen LogP contribution in [-0.4, -0.2) is 39.3 Å². The standard InChI is InChI=1S/C7H14N4O3S/c1-6(10-8-3)9-7(2)11(4)14-15(5,12)13/h10H,1,3H2,2,4-5H3/b9-7-. The molecule has 0 amide bonds. The summed E-state index contributed by atoms with van der Waals surface area (Å²) in [6, 6.07) is 0. The van der Waals surface area contributed by atoms with E-state index >= 15 is 0 Å². The predicted octanol–water partition coefficient (Wildman–Crippen LogP) is -0.0958. The van der Waals surface area contributed by atoms with Gasteiger partial charge in [-0.2, -0.15) is 13.5 Å². The summed E-state index contributed by atoms with van der Waals surface area (Å²) in [5.74, 6) is 0.535. The fourth-order valence-electron chi connectivity index (χ4n) is 0.639. The lowest BCUT2D eigenvalue weighted by molar-refractivity contribution is 0.0573. The Morgan fingerprint density at radius 1 is 1.53 bits per heavy atom. The first-order chi connectivity index (χ1) is 6.76. The maximum atomic E-state index is 10.8. The summed E-state index contributed by atoms with van der Waals surface area (Å²) < 4.78 is 26.1. The Kier molecular flexibility index (Phi) is 4.95. The quantitative estimate of drug-likeness (QED) is 0.408. The van der Waals surface area contributed by atoms with Crippen molar-refractivity contribution in [1.82, 2.24) is 10.5 Å². The van der Waals surface area contributed by atoms with E-state index in [1.165, 1.54) is 7.05 Å². The van der Waals surface area contributed by atoms with Crippen molar-refractivity contribution in [3.8, 4) is 0 Å². The van der Waals surface area contributed by atoms with Crippen molar-refractivity contribution in [3.63, 3.8) is 0 Å². The minimum atomic E-state index is -3.56. The maximum Gasteiger partial charge on any atom is 0.285 e. The van der Waals surface area contributed by atoms with E-state index in [0.29, 0.717) is 5.84 Å². The van der Waals surface area contributed by atoms with Crippen LogP contribution < -0.4 is 5.43 Å². The zero-order chi connectivity index (χ0) is 12.1. The van der Waals surface area contributed by atoms with Crippen molar-refractivity contribution in [2.45, 2.75) is 6.92 Å². The Labute approximate surface area is 89.2 Å². The molecule has 0 heterocycles. The highest BCUT2D eigenvalue weighted by Crippen LogP contribution is 1.97. The zero-order valence-electron chi connectivity index (χ0n) is 8.89. The molecule has 86 valence electrons. The number of hydrazone groups is 1. The van der Waals surface area contributed by atoms with Crippen molar-refractivity contribution in [3.05, 3.63) is 12.4 Å². The summed E-state index contributed by atoms with van der Waals surface area (Å²) in [5, 5.41) is 4.34. The third-order valence-corrected chi connectivity index (χ3v) is 1.70. The summed E-state index contributed by atoms with van der Waals surface area (Å²) in [5.41, 5.74) is 2.39. The first-order valence-electron chi connectivity index (χ1n) is 3.85. The first-order valence-corrected chi connectivity index (χ1v) is 5.67. The molecule has 0 aliphatic heterocycles. The minimum Gasteiger partial charge on any atom is -0.262 e. The van der Waals surface area contributed by atoms with Crippen LogP contribution in [0.15, 0.2) is 22.5 Å². The first kappa shape index (κ1) is 13.6. The number of hydroxylamine groups is 2. The molecule has 0 aromatic carbocycles. The second kappa shape index (κ2) is 5.47. The van der Waals surface area contributed by atoms with Gasteiger partial charge in [0.05, 0.1) is 6.26 Å². The van der Waals surface area contributed by atoms with Gasteiger partial charge in [0.2, 0.25) is 0 Å². The van der Waals surface area contributed by atoms with Crippen LogP contribution in [0.25, 0.3) is 0 Å². The summed E-state index contributed by atoms with van der Waals surface area (Å²) in [7, 11) is -2.15. The van der Waals surface area contributed by atoms with Gasteiger partial charge < -0.3 is 0 Å². The molecule has 0 spiro atoms. The molecule has 0 aliphatic rings. The highest BCUT2D eigenvalue weighted by atomic mass is 32.2. The second-order valence-corrected chi connectivity index (χ2v) is 4.21. The van der Waals surface area contributed by atoms with Gasteiger partial charge in [0.25, 0.3) is 10.1 Å². The predicted molar refractivity (Wildman–Crippen MR) is 58.6 cm³/mol. The molecular formula is C7H14N4O3S. The molecule has 15 heavy (non-hydrogen) atoms. The van der Waals surface area contributed by atoms with E-state index in [-0.39, 0.29) is 5.82 Å². The van der Waals surface area contributed by atoms with Crippen molar-refractivity contribution < 1.29 is 12.7 Å². The number of aliphatic imine (C=N–C) groups is 1. The maximum absolute atomic E-state index is 10.8. The summed E-state index contributed by atoms with van der Waals surface area (Å²) in [4.78, 5) is 3.86. The molecular weight excluding hydrogens is 220 g/mol. The topological polar surface area (TPSA) is 83.4 Å². The van der Waals surface area contributed by atoms with Gasteiger partial charge in [0.15, 0.2) is 0 Å². The molecule has 8 heteroatoms. The van der Waals surface area contributed by atoms with Gasteiger partial charge in [-0.25, -0.2) is 10.1 Å². The van der Waals surface area contributed by atoms with Crippen molar-refractivity contribution in [2.24, 2.45) is 10.1 Å². The number of hydrogen-bond donors (Lipinski definition) is 1. The van der Waals surface area contributed by atoms with E-state index in [1.807, 2.05) is 0 Å². The Morgan fingerprint density at radius 3 is 2.47 bits per heavy atom. The van der Waals surface area contributed by atoms with Gasteiger partial charge in [-0.05, 0) is 6.92 Å². The van der Waals surface area contributed by atoms with Gasteiger partial charge in [0, 0.05) is 13.8 Å². The number of nitrogens with zero attached hydrogens (tertiary/aromatic N) is 3. The van der Waals surface area contributed by atoms with E-state index in [4.69, 9.17) is 0 Å². The molecule has 0 aliphatic carbocycles. The molecule has 0 bridgehead atoms. The molecule has 0 atom stereocenters. The smallest absolute Gasteiger partial charge is 0.262 e. The molecule has 7 nitrogen and oxygen atoms in total. The molecule has 0 unspecified atom stereocenters. The van der Waals surface area contributed by atoms with E-state index in [2.05, 4.69) is 33.1 Å². The van der Waals surface area contributed by atoms with Gasteiger partial charge in [-0.15, -0.1) is 4.28 Å². The lowest BCUT2D eigenvalue weighted by Gasteiger charge is -2.15. The second-order valence-electron chi connectivity index (χ2n) is 2.65.